The monoisotopic (exact) mass is 324 g/mol. The van der Waals surface area contributed by atoms with E-state index in [1.54, 1.807) is 0 Å². The van der Waals surface area contributed by atoms with Crippen molar-refractivity contribution in [2.24, 2.45) is 0 Å². The van der Waals surface area contributed by atoms with E-state index in [0.717, 1.165) is 24.3 Å². The Balaban J connectivity index is 1.68. The lowest BCUT2D eigenvalue weighted by atomic mass is 10.0. The van der Waals surface area contributed by atoms with Crippen molar-refractivity contribution < 1.29 is 4.79 Å². The number of nitrogens with one attached hydrogen (secondary N) is 1. The van der Waals surface area contributed by atoms with E-state index in [2.05, 4.69) is 27.3 Å². The van der Waals surface area contributed by atoms with Gasteiger partial charge in [0.15, 0.2) is 11.6 Å². The zero-order valence-electron chi connectivity index (χ0n) is 14.3. The molecule has 24 heavy (non-hydrogen) atoms. The topological polar surface area (TPSA) is 58.1 Å². The fourth-order valence-electron chi connectivity index (χ4n) is 3.17. The van der Waals surface area contributed by atoms with Gasteiger partial charge < -0.3 is 10.2 Å². The molecule has 0 bridgehead atoms. The third kappa shape index (κ3) is 3.72. The Hall–Kier alpha value is -2.43. The SMILES string of the molecule is CCC1CCCCN1c1ccc(NC(=O)c2ccc(C)cc2)nn1. The first kappa shape index (κ1) is 16.4. The Morgan fingerprint density at radius 1 is 1.17 bits per heavy atom. The summed E-state index contributed by atoms with van der Waals surface area (Å²) < 4.78 is 0. The van der Waals surface area contributed by atoms with E-state index in [-0.39, 0.29) is 5.91 Å². The molecule has 1 fully saturated rings. The first-order valence-corrected chi connectivity index (χ1v) is 8.66. The molecule has 2 aromatic rings. The van der Waals surface area contributed by atoms with Gasteiger partial charge in [-0.3, -0.25) is 4.79 Å². The molecule has 1 aromatic heterocycles. The van der Waals surface area contributed by atoms with E-state index < -0.39 is 0 Å². The molecule has 1 aliphatic rings. The lowest BCUT2D eigenvalue weighted by Crippen LogP contribution is -2.39. The smallest absolute Gasteiger partial charge is 0.256 e. The van der Waals surface area contributed by atoms with Crippen molar-refractivity contribution in [2.45, 2.75) is 45.6 Å². The summed E-state index contributed by atoms with van der Waals surface area (Å²) >= 11 is 0. The molecule has 5 heteroatoms. The third-order valence-corrected chi connectivity index (χ3v) is 4.60. The van der Waals surface area contributed by atoms with Crippen LogP contribution in [0.2, 0.25) is 0 Å². The van der Waals surface area contributed by atoms with E-state index >= 15 is 0 Å². The molecule has 1 aromatic carbocycles. The Bertz CT molecular complexity index is 682. The van der Waals surface area contributed by atoms with E-state index in [1.807, 2.05) is 43.3 Å². The third-order valence-electron chi connectivity index (χ3n) is 4.60. The molecule has 1 unspecified atom stereocenters. The molecule has 1 N–H and O–H groups in total. The number of piperidine rings is 1. The number of amides is 1. The summed E-state index contributed by atoms with van der Waals surface area (Å²) in [7, 11) is 0. The molecule has 5 nitrogen and oxygen atoms in total. The summed E-state index contributed by atoms with van der Waals surface area (Å²) in [6.45, 7) is 5.24. The number of aromatic nitrogens is 2. The van der Waals surface area contributed by atoms with Gasteiger partial charge in [-0.1, -0.05) is 24.6 Å². The van der Waals surface area contributed by atoms with Crippen LogP contribution in [0, 0.1) is 6.92 Å². The summed E-state index contributed by atoms with van der Waals surface area (Å²) in [6, 6.07) is 11.8. The van der Waals surface area contributed by atoms with Crippen molar-refractivity contribution in [1.29, 1.82) is 0 Å². The number of benzene rings is 1. The van der Waals surface area contributed by atoms with E-state index in [0.29, 0.717) is 17.4 Å². The van der Waals surface area contributed by atoms with Gasteiger partial charge in [0, 0.05) is 18.2 Å². The number of carbonyl (C=O) groups excluding carboxylic acids is 1. The molecular formula is C19H24N4O. The number of aryl methyl sites for hydroxylation is 1. The van der Waals surface area contributed by atoms with Crippen LogP contribution in [0.5, 0.6) is 0 Å². The molecule has 2 heterocycles. The zero-order chi connectivity index (χ0) is 16.9. The normalized spacial score (nSPS) is 17.6. The largest absolute Gasteiger partial charge is 0.352 e. The Labute approximate surface area is 143 Å². The quantitative estimate of drug-likeness (QED) is 0.929. The van der Waals surface area contributed by atoms with Crippen LogP contribution in [-0.4, -0.2) is 28.7 Å². The maximum atomic E-state index is 12.2. The van der Waals surface area contributed by atoms with Crippen LogP contribution >= 0.6 is 0 Å². The number of carbonyl (C=O) groups is 1. The van der Waals surface area contributed by atoms with Gasteiger partial charge in [-0.15, -0.1) is 10.2 Å². The minimum absolute atomic E-state index is 0.165. The van der Waals surface area contributed by atoms with Gasteiger partial charge in [0.05, 0.1) is 0 Å². The molecule has 1 aliphatic heterocycles. The minimum atomic E-state index is -0.165. The van der Waals surface area contributed by atoms with Crippen LogP contribution < -0.4 is 10.2 Å². The number of rotatable bonds is 4. The first-order chi connectivity index (χ1) is 11.7. The second-order valence-electron chi connectivity index (χ2n) is 6.35. The van der Waals surface area contributed by atoms with Gasteiger partial charge in [0.25, 0.3) is 5.91 Å². The van der Waals surface area contributed by atoms with Gasteiger partial charge in [0.1, 0.15) is 0 Å². The maximum Gasteiger partial charge on any atom is 0.256 e. The predicted molar refractivity (Wildman–Crippen MR) is 96.4 cm³/mol. The average molecular weight is 324 g/mol. The summed E-state index contributed by atoms with van der Waals surface area (Å²) in [5, 5.41) is 11.3. The number of hydrogen-bond donors (Lipinski definition) is 1. The summed E-state index contributed by atoms with van der Waals surface area (Å²) in [5.41, 5.74) is 1.75. The fourth-order valence-corrected chi connectivity index (χ4v) is 3.17. The van der Waals surface area contributed by atoms with Crippen LogP contribution in [0.25, 0.3) is 0 Å². The predicted octanol–water partition coefficient (Wildman–Crippen LogP) is 3.81. The van der Waals surface area contributed by atoms with Gasteiger partial charge in [-0.2, -0.15) is 0 Å². The molecule has 0 aliphatic carbocycles. The number of nitrogens with zero attached hydrogens (tertiary/aromatic N) is 3. The van der Waals surface area contributed by atoms with Crippen molar-refractivity contribution in [3.05, 3.63) is 47.5 Å². The average Bonchev–Trinajstić information content (AvgIpc) is 2.63. The fraction of sp³-hybridized carbons (Fsp3) is 0.421. The molecular weight excluding hydrogens is 300 g/mol. The highest BCUT2D eigenvalue weighted by molar-refractivity contribution is 6.03. The summed E-state index contributed by atoms with van der Waals surface area (Å²) in [4.78, 5) is 14.6. The molecule has 1 amide bonds. The molecule has 1 saturated heterocycles. The molecule has 0 saturated carbocycles. The number of hydrogen-bond acceptors (Lipinski definition) is 4. The lowest BCUT2D eigenvalue weighted by Gasteiger charge is -2.35. The Morgan fingerprint density at radius 2 is 1.96 bits per heavy atom. The summed E-state index contributed by atoms with van der Waals surface area (Å²) in [6.07, 6.45) is 4.81. The van der Waals surface area contributed by atoms with E-state index in [1.165, 1.54) is 19.3 Å². The molecule has 1 atom stereocenters. The standard InChI is InChI=1S/C19H24N4O/c1-3-16-6-4-5-13-23(16)18-12-11-17(21-22-18)20-19(24)15-9-7-14(2)8-10-15/h7-12,16H,3-6,13H2,1-2H3,(H,20,21,24). The zero-order valence-corrected chi connectivity index (χ0v) is 14.3. The number of anilines is 2. The highest BCUT2D eigenvalue weighted by atomic mass is 16.1. The van der Waals surface area contributed by atoms with Crippen molar-refractivity contribution in [3.63, 3.8) is 0 Å². The Morgan fingerprint density at radius 3 is 2.62 bits per heavy atom. The van der Waals surface area contributed by atoms with Crippen molar-refractivity contribution in [2.75, 3.05) is 16.8 Å². The van der Waals surface area contributed by atoms with Gasteiger partial charge >= 0.3 is 0 Å². The Kier molecular flexibility index (Phi) is 5.08. The van der Waals surface area contributed by atoms with Gasteiger partial charge in [-0.05, 0) is 56.9 Å². The van der Waals surface area contributed by atoms with Crippen LogP contribution in [-0.2, 0) is 0 Å². The van der Waals surface area contributed by atoms with Gasteiger partial charge in [0.2, 0.25) is 0 Å². The summed E-state index contributed by atoms with van der Waals surface area (Å²) in [5.74, 6) is 1.21. The highest BCUT2D eigenvalue weighted by Crippen LogP contribution is 2.24. The van der Waals surface area contributed by atoms with Crippen LogP contribution in [0.15, 0.2) is 36.4 Å². The molecule has 0 radical (unpaired) electrons. The molecule has 3 rings (SSSR count). The van der Waals surface area contributed by atoms with E-state index in [9.17, 15) is 4.79 Å². The van der Waals surface area contributed by atoms with Crippen LogP contribution in [0.1, 0.15) is 48.5 Å². The minimum Gasteiger partial charge on any atom is -0.352 e. The second kappa shape index (κ2) is 7.43. The van der Waals surface area contributed by atoms with Crippen molar-refractivity contribution >= 4 is 17.5 Å². The molecule has 126 valence electrons. The molecule has 0 spiro atoms. The van der Waals surface area contributed by atoms with Crippen LogP contribution in [0.3, 0.4) is 0 Å². The first-order valence-electron chi connectivity index (χ1n) is 8.66. The van der Waals surface area contributed by atoms with Crippen LogP contribution in [0.4, 0.5) is 11.6 Å². The second-order valence-corrected chi connectivity index (χ2v) is 6.35. The lowest BCUT2D eigenvalue weighted by molar-refractivity contribution is 0.102. The van der Waals surface area contributed by atoms with Crippen molar-refractivity contribution in [1.82, 2.24) is 10.2 Å². The van der Waals surface area contributed by atoms with E-state index in [4.69, 9.17) is 0 Å². The maximum absolute atomic E-state index is 12.2. The van der Waals surface area contributed by atoms with Crippen molar-refractivity contribution in [3.8, 4) is 0 Å². The van der Waals surface area contributed by atoms with Gasteiger partial charge in [-0.25, -0.2) is 0 Å². The highest BCUT2D eigenvalue weighted by Gasteiger charge is 2.22.